The summed E-state index contributed by atoms with van der Waals surface area (Å²) in [6.45, 7) is 3.73. The first kappa shape index (κ1) is 19.1. The third-order valence-electron chi connectivity index (χ3n) is 4.90. The minimum atomic E-state index is 0.0154. The van der Waals surface area contributed by atoms with Gasteiger partial charge in [-0.2, -0.15) is 4.98 Å². The monoisotopic (exact) mass is 392 g/mol. The molecule has 0 saturated carbocycles. The molecule has 0 aliphatic carbocycles. The van der Waals surface area contributed by atoms with Crippen LogP contribution in [0.4, 0.5) is 0 Å². The second-order valence-electron chi connectivity index (χ2n) is 6.99. The molecule has 0 N–H and O–H groups in total. The summed E-state index contributed by atoms with van der Waals surface area (Å²) in [7, 11) is 0. The van der Waals surface area contributed by atoms with Gasteiger partial charge in [-0.05, 0) is 30.7 Å². The predicted molar refractivity (Wildman–Crippen MR) is 108 cm³/mol. The Balaban J connectivity index is 1.28. The fraction of sp³-hybridized carbons (Fsp3) is 0.318. The van der Waals surface area contributed by atoms with E-state index in [1.165, 1.54) is 0 Å². The lowest BCUT2D eigenvalue weighted by molar-refractivity contribution is -0.133. The Morgan fingerprint density at radius 3 is 2.52 bits per heavy atom. The van der Waals surface area contributed by atoms with E-state index in [-0.39, 0.29) is 12.5 Å². The number of ether oxygens (including phenoxy) is 1. The van der Waals surface area contributed by atoms with Gasteiger partial charge >= 0.3 is 0 Å². The van der Waals surface area contributed by atoms with Gasteiger partial charge in [0.15, 0.2) is 12.4 Å². The summed E-state index contributed by atoms with van der Waals surface area (Å²) in [4.78, 5) is 21.1. The zero-order chi connectivity index (χ0) is 19.9. The number of hydrogen-bond acceptors (Lipinski definition) is 6. The minimum Gasteiger partial charge on any atom is -0.484 e. The lowest BCUT2D eigenvalue weighted by Gasteiger charge is -2.21. The van der Waals surface area contributed by atoms with Gasteiger partial charge in [0.1, 0.15) is 5.75 Å². The molecule has 1 saturated heterocycles. The molecule has 1 amide bonds. The average Bonchev–Trinajstić information content (AvgIpc) is 3.11. The van der Waals surface area contributed by atoms with Crippen LogP contribution >= 0.6 is 0 Å². The van der Waals surface area contributed by atoms with Crippen molar-refractivity contribution in [2.75, 3.05) is 32.8 Å². The zero-order valence-corrected chi connectivity index (χ0v) is 16.2. The van der Waals surface area contributed by atoms with Crippen molar-refractivity contribution in [2.45, 2.75) is 13.0 Å². The molecule has 0 spiro atoms. The van der Waals surface area contributed by atoms with E-state index in [9.17, 15) is 4.79 Å². The summed E-state index contributed by atoms with van der Waals surface area (Å²) in [5, 5.41) is 4.11. The van der Waals surface area contributed by atoms with Crippen molar-refractivity contribution in [3.8, 4) is 17.2 Å². The molecule has 7 nitrogen and oxygen atoms in total. The van der Waals surface area contributed by atoms with E-state index in [1.807, 2.05) is 65.6 Å². The number of carbonyl (C=O) groups excluding carboxylic acids is 1. The van der Waals surface area contributed by atoms with E-state index in [1.54, 1.807) is 0 Å². The topological polar surface area (TPSA) is 71.7 Å². The van der Waals surface area contributed by atoms with Gasteiger partial charge in [-0.3, -0.25) is 9.69 Å². The molecule has 2 heterocycles. The first-order valence-electron chi connectivity index (χ1n) is 9.84. The van der Waals surface area contributed by atoms with Crippen LogP contribution in [0.5, 0.6) is 5.75 Å². The Bertz CT molecular complexity index is 914. The van der Waals surface area contributed by atoms with Gasteiger partial charge in [0.05, 0.1) is 6.54 Å². The number of para-hydroxylation sites is 1. The molecule has 150 valence electrons. The Kier molecular flexibility index (Phi) is 6.16. The molecule has 1 aliphatic heterocycles. The smallest absolute Gasteiger partial charge is 0.260 e. The maximum atomic E-state index is 12.5. The number of amides is 1. The number of hydrogen-bond donors (Lipinski definition) is 0. The van der Waals surface area contributed by atoms with E-state index in [0.29, 0.717) is 30.6 Å². The summed E-state index contributed by atoms with van der Waals surface area (Å²) in [6.07, 6.45) is 0.903. The van der Waals surface area contributed by atoms with E-state index >= 15 is 0 Å². The number of nitrogens with zero attached hydrogens (tertiary/aromatic N) is 4. The van der Waals surface area contributed by atoms with Crippen LogP contribution in [-0.2, 0) is 11.3 Å². The van der Waals surface area contributed by atoms with Gasteiger partial charge in [0.2, 0.25) is 0 Å². The van der Waals surface area contributed by atoms with E-state index < -0.39 is 0 Å². The van der Waals surface area contributed by atoms with Crippen molar-refractivity contribution >= 4 is 5.91 Å². The third-order valence-corrected chi connectivity index (χ3v) is 4.90. The molecule has 1 aromatic heterocycles. The number of carbonyl (C=O) groups is 1. The van der Waals surface area contributed by atoms with Crippen LogP contribution in [0.2, 0.25) is 0 Å². The maximum Gasteiger partial charge on any atom is 0.260 e. The molecule has 0 bridgehead atoms. The van der Waals surface area contributed by atoms with Crippen LogP contribution in [0.3, 0.4) is 0 Å². The standard InChI is InChI=1S/C22H24N4O3/c27-21(17-28-19-10-5-2-6-11-19)26-13-7-12-25(14-15-26)16-20-23-22(29-24-20)18-8-3-1-4-9-18/h1-6,8-11H,7,12-17H2. The van der Waals surface area contributed by atoms with Crippen LogP contribution < -0.4 is 4.74 Å². The zero-order valence-electron chi connectivity index (χ0n) is 16.2. The van der Waals surface area contributed by atoms with Crippen molar-refractivity contribution < 1.29 is 14.1 Å². The first-order valence-corrected chi connectivity index (χ1v) is 9.84. The Hall–Kier alpha value is -3.19. The minimum absolute atomic E-state index is 0.0154. The van der Waals surface area contributed by atoms with Crippen molar-refractivity contribution in [3.63, 3.8) is 0 Å². The average molecular weight is 392 g/mol. The highest BCUT2D eigenvalue weighted by molar-refractivity contribution is 5.77. The van der Waals surface area contributed by atoms with E-state index in [4.69, 9.17) is 9.26 Å². The normalized spacial score (nSPS) is 15.1. The van der Waals surface area contributed by atoms with Gasteiger partial charge in [-0.1, -0.05) is 41.6 Å². The maximum absolute atomic E-state index is 12.5. The van der Waals surface area contributed by atoms with Crippen molar-refractivity contribution in [1.29, 1.82) is 0 Å². The summed E-state index contributed by atoms with van der Waals surface area (Å²) < 4.78 is 11.0. The predicted octanol–water partition coefficient (Wildman–Crippen LogP) is 2.85. The fourth-order valence-corrected chi connectivity index (χ4v) is 3.35. The van der Waals surface area contributed by atoms with Gasteiger partial charge in [-0.25, -0.2) is 0 Å². The summed E-state index contributed by atoms with van der Waals surface area (Å²) in [6, 6.07) is 19.2. The second kappa shape index (κ2) is 9.34. The van der Waals surface area contributed by atoms with E-state index in [0.717, 1.165) is 31.6 Å². The molecule has 4 rings (SSSR count). The molecule has 3 aromatic rings. The quantitative estimate of drug-likeness (QED) is 0.642. The Morgan fingerprint density at radius 1 is 0.966 bits per heavy atom. The van der Waals surface area contributed by atoms with Gasteiger partial charge in [0, 0.05) is 31.7 Å². The van der Waals surface area contributed by atoms with E-state index in [2.05, 4.69) is 15.0 Å². The SMILES string of the molecule is O=C(COc1ccccc1)N1CCCN(Cc2noc(-c3ccccc3)n2)CC1. The first-order chi connectivity index (χ1) is 14.3. The van der Waals surface area contributed by atoms with Crippen LogP contribution in [0.1, 0.15) is 12.2 Å². The molecule has 0 atom stereocenters. The number of rotatable bonds is 6. The highest BCUT2D eigenvalue weighted by Gasteiger charge is 2.21. The molecule has 1 aliphatic rings. The van der Waals surface area contributed by atoms with Crippen LogP contribution in [0, 0.1) is 0 Å². The molecule has 2 aromatic carbocycles. The lowest BCUT2D eigenvalue weighted by atomic mass is 10.2. The molecule has 0 radical (unpaired) electrons. The summed E-state index contributed by atoms with van der Waals surface area (Å²) in [5.74, 6) is 1.92. The largest absolute Gasteiger partial charge is 0.484 e. The number of benzene rings is 2. The molecule has 29 heavy (non-hydrogen) atoms. The van der Waals surface area contributed by atoms with Crippen LogP contribution in [-0.4, -0.2) is 58.6 Å². The van der Waals surface area contributed by atoms with Gasteiger partial charge in [0.25, 0.3) is 11.8 Å². The molecular weight excluding hydrogens is 368 g/mol. The third kappa shape index (κ3) is 5.20. The van der Waals surface area contributed by atoms with Crippen LogP contribution in [0.15, 0.2) is 65.2 Å². The Morgan fingerprint density at radius 2 is 1.72 bits per heavy atom. The van der Waals surface area contributed by atoms with Crippen LogP contribution in [0.25, 0.3) is 11.5 Å². The second-order valence-corrected chi connectivity index (χ2v) is 6.99. The fourth-order valence-electron chi connectivity index (χ4n) is 3.35. The lowest BCUT2D eigenvalue weighted by Crippen LogP contribution is -2.38. The highest BCUT2D eigenvalue weighted by Crippen LogP contribution is 2.17. The molecule has 1 fully saturated rings. The van der Waals surface area contributed by atoms with Crippen molar-refractivity contribution in [1.82, 2.24) is 19.9 Å². The summed E-state index contributed by atoms with van der Waals surface area (Å²) in [5.41, 5.74) is 0.914. The number of aromatic nitrogens is 2. The summed E-state index contributed by atoms with van der Waals surface area (Å²) >= 11 is 0. The Labute approximate surface area is 169 Å². The van der Waals surface area contributed by atoms with Crippen molar-refractivity contribution in [3.05, 3.63) is 66.5 Å². The highest BCUT2D eigenvalue weighted by atomic mass is 16.5. The van der Waals surface area contributed by atoms with Gasteiger partial charge in [-0.15, -0.1) is 0 Å². The molecule has 0 unspecified atom stereocenters. The molecular formula is C22H24N4O3. The van der Waals surface area contributed by atoms with Crippen molar-refractivity contribution in [2.24, 2.45) is 0 Å². The van der Waals surface area contributed by atoms with Gasteiger partial charge < -0.3 is 14.2 Å². The molecule has 7 heteroatoms.